The number of hydrogen-bond donors (Lipinski definition) is 0. The SMILES string of the molecule is O=C([C@H]1COc2ccccc2C1)N1CCC[C@@H]1c1noc(C2CC2)n1. The van der Waals surface area contributed by atoms with E-state index in [2.05, 4.69) is 10.1 Å². The van der Waals surface area contributed by atoms with Gasteiger partial charge in [0.05, 0.1) is 12.0 Å². The topological polar surface area (TPSA) is 68.5 Å². The smallest absolute Gasteiger partial charge is 0.230 e. The number of ether oxygens (including phenoxy) is 1. The van der Waals surface area contributed by atoms with Gasteiger partial charge in [-0.05, 0) is 43.7 Å². The van der Waals surface area contributed by atoms with E-state index in [0.717, 1.165) is 55.9 Å². The highest BCUT2D eigenvalue weighted by atomic mass is 16.5. The second-order valence-electron chi connectivity index (χ2n) is 7.27. The summed E-state index contributed by atoms with van der Waals surface area (Å²) >= 11 is 0. The van der Waals surface area contributed by atoms with Crippen LogP contribution < -0.4 is 4.74 Å². The Bertz CT molecular complexity index is 799. The first kappa shape index (κ1) is 14.9. The van der Waals surface area contributed by atoms with Crippen molar-refractivity contribution in [2.45, 2.75) is 44.1 Å². The molecule has 130 valence electrons. The summed E-state index contributed by atoms with van der Waals surface area (Å²) < 4.78 is 11.2. The van der Waals surface area contributed by atoms with E-state index in [1.807, 2.05) is 29.2 Å². The van der Waals surface area contributed by atoms with Crippen molar-refractivity contribution in [2.24, 2.45) is 5.92 Å². The Morgan fingerprint density at radius 2 is 2.08 bits per heavy atom. The number of aromatic nitrogens is 2. The summed E-state index contributed by atoms with van der Waals surface area (Å²) in [5.41, 5.74) is 1.11. The molecule has 2 aromatic rings. The first-order valence-electron chi connectivity index (χ1n) is 9.14. The van der Waals surface area contributed by atoms with E-state index in [4.69, 9.17) is 9.26 Å². The average Bonchev–Trinajstić information content (AvgIpc) is 3.19. The summed E-state index contributed by atoms with van der Waals surface area (Å²) in [4.78, 5) is 19.6. The maximum absolute atomic E-state index is 13.1. The predicted molar refractivity (Wildman–Crippen MR) is 89.1 cm³/mol. The van der Waals surface area contributed by atoms with Crippen LogP contribution in [-0.2, 0) is 11.2 Å². The number of hydrogen-bond acceptors (Lipinski definition) is 5. The van der Waals surface area contributed by atoms with E-state index in [-0.39, 0.29) is 17.9 Å². The lowest BCUT2D eigenvalue weighted by atomic mass is 9.95. The van der Waals surface area contributed by atoms with Gasteiger partial charge < -0.3 is 14.2 Å². The van der Waals surface area contributed by atoms with Crippen LogP contribution in [0.15, 0.2) is 28.8 Å². The standard InChI is InChI=1S/C19H21N3O3/c23-19(14-10-13-4-1-2-6-16(13)24-11-14)22-9-3-5-15(22)17-20-18(25-21-17)12-7-8-12/h1-2,4,6,12,14-15H,3,5,7-11H2/t14-,15-/m1/s1. The summed E-state index contributed by atoms with van der Waals surface area (Å²) in [6, 6.07) is 7.91. The van der Waals surface area contributed by atoms with Crippen molar-refractivity contribution in [1.29, 1.82) is 0 Å². The van der Waals surface area contributed by atoms with Crippen LogP contribution in [0, 0.1) is 5.92 Å². The van der Waals surface area contributed by atoms with Gasteiger partial charge in [0.2, 0.25) is 11.8 Å². The molecule has 1 saturated heterocycles. The Morgan fingerprint density at radius 1 is 1.20 bits per heavy atom. The van der Waals surface area contributed by atoms with Crippen molar-refractivity contribution in [1.82, 2.24) is 15.0 Å². The molecule has 2 aliphatic heterocycles. The van der Waals surface area contributed by atoms with Gasteiger partial charge in [-0.3, -0.25) is 4.79 Å². The molecule has 25 heavy (non-hydrogen) atoms. The third kappa shape index (κ3) is 2.69. The Kier molecular flexibility index (Phi) is 3.50. The quantitative estimate of drug-likeness (QED) is 0.860. The summed E-state index contributed by atoms with van der Waals surface area (Å²) in [5.74, 6) is 2.76. The number of carbonyl (C=O) groups excluding carboxylic acids is 1. The van der Waals surface area contributed by atoms with E-state index in [1.54, 1.807) is 0 Å². The molecule has 0 N–H and O–H groups in total. The zero-order valence-corrected chi connectivity index (χ0v) is 14.1. The number of nitrogens with zero attached hydrogens (tertiary/aromatic N) is 3. The molecule has 1 aliphatic carbocycles. The lowest BCUT2D eigenvalue weighted by Gasteiger charge is -2.30. The van der Waals surface area contributed by atoms with Crippen molar-refractivity contribution in [3.63, 3.8) is 0 Å². The van der Waals surface area contributed by atoms with Crippen LogP contribution in [-0.4, -0.2) is 34.1 Å². The van der Waals surface area contributed by atoms with E-state index in [0.29, 0.717) is 18.3 Å². The minimum absolute atomic E-state index is 0.0547. The lowest BCUT2D eigenvalue weighted by molar-refractivity contribution is -0.138. The van der Waals surface area contributed by atoms with Gasteiger partial charge in [0, 0.05) is 12.5 Å². The van der Waals surface area contributed by atoms with Crippen molar-refractivity contribution in [3.05, 3.63) is 41.5 Å². The Balaban J connectivity index is 1.34. The zero-order chi connectivity index (χ0) is 16.8. The van der Waals surface area contributed by atoms with Gasteiger partial charge in [0.15, 0.2) is 5.82 Å². The predicted octanol–water partition coefficient (Wildman–Crippen LogP) is 2.86. The Labute approximate surface area is 146 Å². The highest BCUT2D eigenvalue weighted by Gasteiger charge is 2.39. The summed E-state index contributed by atoms with van der Waals surface area (Å²) in [6.07, 6.45) is 4.88. The minimum atomic E-state index is -0.134. The van der Waals surface area contributed by atoms with Crippen molar-refractivity contribution in [3.8, 4) is 5.75 Å². The van der Waals surface area contributed by atoms with Gasteiger partial charge in [-0.25, -0.2) is 0 Å². The highest BCUT2D eigenvalue weighted by Crippen LogP contribution is 2.40. The second kappa shape index (κ2) is 5.86. The average molecular weight is 339 g/mol. The molecule has 1 saturated carbocycles. The fourth-order valence-corrected chi connectivity index (χ4v) is 3.90. The number of benzene rings is 1. The first-order valence-corrected chi connectivity index (χ1v) is 9.14. The van der Waals surface area contributed by atoms with Gasteiger partial charge in [-0.1, -0.05) is 23.4 Å². The molecule has 2 atom stereocenters. The molecule has 1 aromatic heterocycles. The van der Waals surface area contributed by atoms with Crippen LogP contribution in [0.1, 0.15) is 54.9 Å². The molecule has 6 nitrogen and oxygen atoms in total. The van der Waals surface area contributed by atoms with Crippen LogP contribution in [0.5, 0.6) is 5.75 Å². The van der Waals surface area contributed by atoms with Gasteiger partial charge in [0.1, 0.15) is 12.4 Å². The van der Waals surface area contributed by atoms with E-state index < -0.39 is 0 Å². The summed E-state index contributed by atoms with van der Waals surface area (Å²) in [7, 11) is 0. The maximum atomic E-state index is 13.1. The lowest BCUT2D eigenvalue weighted by Crippen LogP contribution is -2.40. The van der Waals surface area contributed by atoms with Gasteiger partial charge in [-0.2, -0.15) is 4.98 Å². The van der Waals surface area contributed by atoms with Crippen LogP contribution >= 0.6 is 0 Å². The number of rotatable bonds is 3. The maximum Gasteiger partial charge on any atom is 0.230 e. The van der Waals surface area contributed by atoms with Crippen molar-refractivity contribution in [2.75, 3.05) is 13.2 Å². The molecular weight excluding hydrogens is 318 g/mol. The minimum Gasteiger partial charge on any atom is -0.492 e. The fraction of sp³-hybridized carbons (Fsp3) is 0.526. The monoisotopic (exact) mass is 339 g/mol. The largest absolute Gasteiger partial charge is 0.492 e. The molecule has 3 heterocycles. The third-order valence-corrected chi connectivity index (χ3v) is 5.45. The number of fused-ring (bicyclic) bond motifs is 1. The molecule has 0 unspecified atom stereocenters. The molecule has 0 spiro atoms. The molecule has 3 aliphatic rings. The molecule has 0 bridgehead atoms. The van der Waals surface area contributed by atoms with Crippen molar-refractivity contribution >= 4 is 5.91 Å². The van der Waals surface area contributed by atoms with E-state index in [1.165, 1.54) is 0 Å². The van der Waals surface area contributed by atoms with Gasteiger partial charge in [0.25, 0.3) is 0 Å². The number of carbonyl (C=O) groups is 1. The van der Waals surface area contributed by atoms with E-state index in [9.17, 15) is 4.79 Å². The van der Waals surface area contributed by atoms with Crippen LogP contribution in [0.4, 0.5) is 0 Å². The molecule has 6 heteroatoms. The first-order chi connectivity index (χ1) is 12.3. The third-order valence-electron chi connectivity index (χ3n) is 5.45. The number of likely N-dealkylation sites (tertiary alicyclic amines) is 1. The zero-order valence-electron chi connectivity index (χ0n) is 14.1. The van der Waals surface area contributed by atoms with Crippen LogP contribution in [0.25, 0.3) is 0 Å². The van der Waals surface area contributed by atoms with E-state index >= 15 is 0 Å². The summed E-state index contributed by atoms with van der Waals surface area (Å²) in [6.45, 7) is 1.20. The molecular formula is C19H21N3O3. The molecule has 1 amide bonds. The van der Waals surface area contributed by atoms with Crippen LogP contribution in [0.2, 0.25) is 0 Å². The molecule has 0 radical (unpaired) electrons. The number of para-hydroxylation sites is 1. The second-order valence-corrected chi connectivity index (χ2v) is 7.27. The Hall–Kier alpha value is -2.37. The van der Waals surface area contributed by atoms with Crippen molar-refractivity contribution < 1.29 is 14.1 Å². The normalized spacial score (nSPS) is 25.5. The summed E-state index contributed by atoms with van der Waals surface area (Å²) in [5, 5.41) is 4.16. The van der Waals surface area contributed by atoms with Gasteiger partial charge >= 0.3 is 0 Å². The molecule has 5 rings (SSSR count). The molecule has 2 fully saturated rings. The van der Waals surface area contributed by atoms with Crippen LogP contribution in [0.3, 0.4) is 0 Å². The highest BCUT2D eigenvalue weighted by molar-refractivity contribution is 5.80. The molecule has 1 aromatic carbocycles. The number of amides is 1. The Morgan fingerprint density at radius 3 is 2.96 bits per heavy atom. The van der Waals surface area contributed by atoms with Gasteiger partial charge in [-0.15, -0.1) is 0 Å². The fourth-order valence-electron chi connectivity index (χ4n) is 3.90.